The zero-order valence-electron chi connectivity index (χ0n) is 17.5. The monoisotopic (exact) mass is 426 g/mol. The van der Waals surface area contributed by atoms with Crippen LogP contribution in [0.25, 0.3) is 0 Å². The van der Waals surface area contributed by atoms with Gasteiger partial charge < -0.3 is 9.84 Å². The van der Waals surface area contributed by atoms with Gasteiger partial charge in [-0.2, -0.15) is 20.5 Å². The van der Waals surface area contributed by atoms with Gasteiger partial charge in [-0.25, -0.2) is 4.79 Å². The van der Waals surface area contributed by atoms with E-state index in [1.807, 2.05) is 73.7 Å². The predicted octanol–water partition coefficient (Wildman–Crippen LogP) is 6.82. The smallest absolute Gasteiger partial charge is 0.341 e. The quantitative estimate of drug-likeness (QED) is 0.492. The number of fused-ring (bicyclic) bond motifs is 1. The zero-order valence-corrected chi connectivity index (χ0v) is 17.5. The average Bonchev–Trinajstić information content (AvgIpc) is 2.81. The molecule has 2 aliphatic carbocycles. The first-order valence-electron chi connectivity index (χ1n) is 10.2. The fourth-order valence-corrected chi connectivity index (χ4v) is 3.50. The Bertz CT molecular complexity index is 1160. The first-order chi connectivity index (χ1) is 15.5. The topological polar surface area (TPSA) is 96.0 Å². The van der Waals surface area contributed by atoms with Crippen molar-refractivity contribution in [3.05, 3.63) is 103 Å². The molecule has 7 heteroatoms. The summed E-state index contributed by atoms with van der Waals surface area (Å²) in [5, 5.41) is 26.3. The predicted molar refractivity (Wildman–Crippen MR) is 121 cm³/mol. The van der Waals surface area contributed by atoms with Crippen molar-refractivity contribution in [1.29, 1.82) is 0 Å². The summed E-state index contributed by atoms with van der Waals surface area (Å²) in [6, 6.07) is 16.7. The molecular weight excluding hydrogens is 404 g/mol. The molecule has 4 rings (SSSR count). The third-order valence-electron chi connectivity index (χ3n) is 5.27. The van der Waals surface area contributed by atoms with Gasteiger partial charge in [-0.1, -0.05) is 48.6 Å². The van der Waals surface area contributed by atoms with Gasteiger partial charge in [0.05, 0.1) is 17.1 Å². The van der Waals surface area contributed by atoms with Crippen molar-refractivity contribution >= 4 is 23.0 Å². The van der Waals surface area contributed by atoms with E-state index in [2.05, 4.69) is 26.5 Å². The van der Waals surface area contributed by atoms with Gasteiger partial charge in [0.2, 0.25) is 0 Å². The van der Waals surface area contributed by atoms with Gasteiger partial charge in [0.15, 0.2) is 6.61 Å². The van der Waals surface area contributed by atoms with Crippen molar-refractivity contribution in [3.8, 4) is 0 Å². The molecule has 0 radical (unpaired) electrons. The maximum absolute atomic E-state index is 11.0. The highest BCUT2D eigenvalue weighted by molar-refractivity contribution is 5.68. The highest BCUT2D eigenvalue weighted by Gasteiger charge is 2.39. The lowest BCUT2D eigenvalue weighted by molar-refractivity contribution is -0.140. The van der Waals surface area contributed by atoms with Crippen LogP contribution in [-0.2, 0) is 9.53 Å². The molecule has 7 nitrogen and oxygen atoms in total. The summed E-state index contributed by atoms with van der Waals surface area (Å²) in [5.41, 5.74) is 2.22. The van der Waals surface area contributed by atoms with E-state index >= 15 is 0 Å². The second-order valence-corrected chi connectivity index (χ2v) is 7.56. The van der Waals surface area contributed by atoms with Gasteiger partial charge in [-0.3, -0.25) is 0 Å². The normalized spacial score (nSPS) is 22.0. The molecule has 2 aromatic rings. The number of azo groups is 2. The summed E-state index contributed by atoms with van der Waals surface area (Å²) in [6.07, 6.45) is 11.8. The van der Waals surface area contributed by atoms with E-state index in [1.54, 1.807) is 18.2 Å². The Labute approximate surface area is 185 Å². The number of ether oxygens (including phenoxy) is 1. The highest BCUT2D eigenvalue weighted by atomic mass is 16.5. The van der Waals surface area contributed by atoms with Crippen LogP contribution in [0.15, 0.2) is 123 Å². The lowest BCUT2D eigenvalue weighted by Gasteiger charge is -2.36. The van der Waals surface area contributed by atoms with Gasteiger partial charge >= 0.3 is 5.97 Å². The minimum Gasteiger partial charge on any atom is -0.480 e. The van der Waals surface area contributed by atoms with Crippen LogP contribution in [0.2, 0.25) is 0 Å². The largest absolute Gasteiger partial charge is 0.480 e. The maximum Gasteiger partial charge on any atom is 0.341 e. The van der Waals surface area contributed by atoms with Gasteiger partial charge in [0.25, 0.3) is 0 Å². The van der Waals surface area contributed by atoms with Crippen molar-refractivity contribution in [1.82, 2.24) is 0 Å². The van der Waals surface area contributed by atoms with Crippen molar-refractivity contribution in [2.24, 2.45) is 31.8 Å². The molecule has 0 fully saturated rings. The number of benzene rings is 2. The molecule has 160 valence electrons. The standard InChI is InChI=1S/C25H22N4O3/c1-25-16-6-5-7-18(25)10-15-22(32-17-23(30)31)24(25)29-28-21-13-11-20(12-14-21)27-26-19-8-3-2-4-9-19/h2-16,18H,17H2,1H3,(H,30,31). The van der Waals surface area contributed by atoms with Crippen LogP contribution in [0, 0.1) is 11.3 Å². The SMILES string of the molecule is CC12C=CC=CC1C=CC(OCC(=O)O)=C2N=Nc1ccc(N=Nc2ccccc2)cc1. The highest BCUT2D eigenvalue weighted by Crippen LogP contribution is 2.46. The Morgan fingerprint density at radius 3 is 2.19 bits per heavy atom. The molecule has 2 aromatic carbocycles. The third kappa shape index (κ3) is 4.78. The first kappa shape index (κ1) is 21.1. The molecule has 0 amide bonds. The molecule has 0 saturated heterocycles. The van der Waals surface area contributed by atoms with Crippen LogP contribution in [0.5, 0.6) is 0 Å². The molecule has 0 aromatic heterocycles. The molecule has 2 unspecified atom stereocenters. The molecule has 0 aliphatic heterocycles. The Balaban J connectivity index is 1.56. The second-order valence-electron chi connectivity index (χ2n) is 7.56. The van der Waals surface area contributed by atoms with Gasteiger partial charge in [0, 0.05) is 11.3 Å². The van der Waals surface area contributed by atoms with E-state index in [-0.39, 0.29) is 5.92 Å². The maximum atomic E-state index is 11.0. The molecule has 0 heterocycles. The molecule has 32 heavy (non-hydrogen) atoms. The van der Waals surface area contributed by atoms with Crippen molar-refractivity contribution < 1.29 is 14.6 Å². The fraction of sp³-hybridized carbons (Fsp3) is 0.160. The number of rotatable bonds is 7. The summed E-state index contributed by atoms with van der Waals surface area (Å²) in [5.74, 6) is -0.559. The molecule has 1 N–H and O–H groups in total. The Morgan fingerprint density at radius 2 is 1.53 bits per heavy atom. The summed E-state index contributed by atoms with van der Waals surface area (Å²) < 4.78 is 5.51. The minimum absolute atomic E-state index is 0.0828. The minimum atomic E-state index is -1.05. The van der Waals surface area contributed by atoms with Crippen LogP contribution in [0.4, 0.5) is 17.1 Å². The molecule has 0 bridgehead atoms. The number of allylic oxidation sites excluding steroid dienone is 6. The Hall–Kier alpha value is -4.13. The van der Waals surface area contributed by atoms with E-state index in [4.69, 9.17) is 9.84 Å². The second kappa shape index (κ2) is 9.34. The molecular formula is C25H22N4O3. The number of hydrogen-bond acceptors (Lipinski definition) is 6. The molecule has 2 atom stereocenters. The number of aliphatic carboxylic acids is 1. The van der Waals surface area contributed by atoms with Crippen LogP contribution in [-0.4, -0.2) is 17.7 Å². The van der Waals surface area contributed by atoms with Gasteiger partial charge in [-0.05, 0) is 49.4 Å². The Kier molecular flexibility index (Phi) is 6.17. The number of carboxylic acids is 1. The van der Waals surface area contributed by atoms with Crippen LogP contribution in [0.3, 0.4) is 0 Å². The van der Waals surface area contributed by atoms with Gasteiger partial charge in [-0.15, -0.1) is 0 Å². The average molecular weight is 426 g/mol. The first-order valence-corrected chi connectivity index (χ1v) is 10.2. The lowest BCUT2D eigenvalue weighted by atomic mass is 9.69. The van der Waals surface area contributed by atoms with Crippen molar-refractivity contribution in [2.45, 2.75) is 6.92 Å². The van der Waals surface area contributed by atoms with Crippen LogP contribution >= 0.6 is 0 Å². The number of carbonyl (C=O) groups is 1. The molecule has 2 aliphatic rings. The fourth-order valence-electron chi connectivity index (χ4n) is 3.50. The number of nitrogens with zero attached hydrogens (tertiary/aromatic N) is 4. The van der Waals surface area contributed by atoms with Crippen molar-refractivity contribution in [2.75, 3.05) is 6.61 Å². The van der Waals surface area contributed by atoms with E-state index in [9.17, 15) is 4.79 Å². The molecule has 0 spiro atoms. The van der Waals surface area contributed by atoms with Crippen LogP contribution in [0.1, 0.15) is 6.92 Å². The van der Waals surface area contributed by atoms with E-state index < -0.39 is 18.0 Å². The van der Waals surface area contributed by atoms with Crippen molar-refractivity contribution in [3.63, 3.8) is 0 Å². The lowest BCUT2D eigenvalue weighted by Crippen LogP contribution is -2.29. The summed E-state index contributed by atoms with van der Waals surface area (Å²) in [4.78, 5) is 11.0. The summed E-state index contributed by atoms with van der Waals surface area (Å²) >= 11 is 0. The van der Waals surface area contributed by atoms with Gasteiger partial charge in [0.1, 0.15) is 11.5 Å². The van der Waals surface area contributed by atoms with Crippen LogP contribution < -0.4 is 0 Å². The Morgan fingerprint density at radius 1 is 0.906 bits per heavy atom. The third-order valence-corrected chi connectivity index (χ3v) is 5.27. The van der Waals surface area contributed by atoms with E-state index in [0.717, 1.165) is 5.69 Å². The summed E-state index contributed by atoms with van der Waals surface area (Å²) in [6.45, 7) is 1.59. The number of hydrogen-bond donors (Lipinski definition) is 1. The van der Waals surface area contributed by atoms with E-state index in [1.165, 1.54) is 0 Å². The molecule has 0 saturated carbocycles. The van der Waals surface area contributed by atoms with E-state index in [0.29, 0.717) is 22.8 Å². The number of carboxylic acid groups (broad SMARTS) is 1. The zero-order chi connectivity index (χ0) is 22.4. The summed E-state index contributed by atoms with van der Waals surface area (Å²) in [7, 11) is 0.